The third kappa shape index (κ3) is 3.59. The summed E-state index contributed by atoms with van der Waals surface area (Å²) in [6.07, 6.45) is 0. The summed E-state index contributed by atoms with van der Waals surface area (Å²) in [4.78, 5) is 0. The maximum absolute atomic E-state index is 13.2. The summed E-state index contributed by atoms with van der Waals surface area (Å²) in [5, 5.41) is 3.20. The highest BCUT2D eigenvalue weighted by Crippen LogP contribution is 2.10. The van der Waals surface area contributed by atoms with Gasteiger partial charge >= 0.3 is 0 Å². The molecule has 0 amide bonds. The first-order valence-corrected chi connectivity index (χ1v) is 5.18. The largest absolute Gasteiger partial charge is 0.310 e. The standard InChI is InChI=1S/C12H17F2N/c1-8(2)9(3)15-7-10-4-5-11(13)6-12(10)14/h4-6,8-9,15H,7H2,1-3H3/t9-/m1/s1. The van der Waals surface area contributed by atoms with Crippen LogP contribution in [0.2, 0.25) is 0 Å². The topological polar surface area (TPSA) is 12.0 Å². The normalized spacial score (nSPS) is 13.2. The molecule has 3 heteroatoms. The van der Waals surface area contributed by atoms with E-state index in [-0.39, 0.29) is 0 Å². The van der Waals surface area contributed by atoms with Crippen molar-refractivity contribution in [3.05, 3.63) is 35.4 Å². The van der Waals surface area contributed by atoms with Gasteiger partial charge in [-0.2, -0.15) is 0 Å². The highest BCUT2D eigenvalue weighted by molar-refractivity contribution is 5.18. The highest BCUT2D eigenvalue weighted by Gasteiger charge is 2.08. The average molecular weight is 213 g/mol. The molecule has 1 nitrogen and oxygen atoms in total. The van der Waals surface area contributed by atoms with Gasteiger partial charge in [0.05, 0.1) is 0 Å². The Balaban J connectivity index is 2.58. The lowest BCUT2D eigenvalue weighted by molar-refractivity contribution is 0.421. The molecule has 1 rings (SSSR count). The van der Waals surface area contributed by atoms with Gasteiger partial charge in [0.25, 0.3) is 0 Å². The zero-order valence-corrected chi connectivity index (χ0v) is 9.35. The number of halogens is 2. The first-order valence-electron chi connectivity index (χ1n) is 5.18. The van der Waals surface area contributed by atoms with Crippen LogP contribution in [-0.2, 0) is 6.54 Å². The molecule has 0 aliphatic carbocycles. The maximum atomic E-state index is 13.2. The minimum absolute atomic E-state index is 0.314. The Morgan fingerprint density at radius 3 is 2.40 bits per heavy atom. The van der Waals surface area contributed by atoms with Crippen LogP contribution in [0, 0.1) is 17.6 Å². The van der Waals surface area contributed by atoms with E-state index in [4.69, 9.17) is 0 Å². The molecule has 15 heavy (non-hydrogen) atoms. The van der Waals surface area contributed by atoms with E-state index in [9.17, 15) is 8.78 Å². The van der Waals surface area contributed by atoms with Crippen LogP contribution in [0.5, 0.6) is 0 Å². The molecule has 0 saturated carbocycles. The second-order valence-corrected chi connectivity index (χ2v) is 4.15. The minimum Gasteiger partial charge on any atom is -0.310 e. The third-order valence-corrected chi connectivity index (χ3v) is 2.63. The fourth-order valence-electron chi connectivity index (χ4n) is 1.17. The van der Waals surface area contributed by atoms with Crippen LogP contribution in [-0.4, -0.2) is 6.04 Å². The Kier molecular flexibility index (Phi) is 4.21. The second kappa shape index (κ2) is 5.21. The summed E-state index contributed by atoms with van der Waals surface area (Å²) in [6.45, 7) is 6.68. The molecule has 0 saturated heterocycles. The van der Waals surface area contributed by atoms with E-state index in [1.54, 1.807) is 0 Å². The van der Waals surface area contributed by atoms with E-state index in [1.807, 2.05) is 6.92 Å². The van der Waals surface area contributed by atoms with Gasteiger partial charge in [0.15, 0.2) is 0 Å². The molecule has 0 spiro atoms. The summed E-state index contributed by atoms with van der Waals surface area (Å²) >= 11 is 0. The van der Waals surface area contributed by atoms with Crippen molar-refractivity contribution in [1.29, 1.82) is 0 Å². The van der Waals surface area contributed by atoms with E-state index < -0.39 is 11.6 Å². The Bertz CT molecular complexity index is 323. The molecule has 0 aliphatic rings. The van der Waals surface area contributed by atoms with Crippen LogP contribution in [0.15, 0.2) is 18.2 Å². The van der Waals surface area contributed by atoms with Crippen LogP contribution in [0.1, 0.15) is 26.3 Å². The van der Waals surface area contributed by atoms with Gasteiger partial charge in [0.1, 0.15) is 11.6 Å². The Morgan fingerprint density at radius 2 is 1.87 bits per heavy atom. The fourth-order valence-corrected chi connectivity index (χ4v) is 1.17. The van der Waals surface area contributed by atoms with Crippen LogP contribution in [0.3, 0.4) is 0 Å². The lowest BCUT2D eigenvalue weighted by Crippen LogP contribution is -2.30. The lowest BCUT2D eigenvalue weighted by atomic mass is 10.1. The first kappa shape index (κ1) is 12.1. The van der Waals surface area contributed by atoms with Crippen LogP contribution in [0.25, 0.3) is 0 Å². The van der Waals surface area contributed by atoms with Crippen molar-refractivity contribution in [1.82, 2.24) is 5.32 Å². The molecular formula is C12H17F2N. The second-order valence-electron chi connectivity index (χ2n) is 4.15. The number of benzene rings is 1. The molecular weight excluding hydrogens is 196 g/mol. The van der Waals surface area contributed by atoms with E-state index >= 15 is 0 Å². The first-order chi connectivity index (χ1) is 7.00. The van der Waals surface area contributed by atoms with Gasteiger partial charge in [0, 0.05) is 24.2 Å². The zero-order valence-electron chi connectivity index (χ0n) is 9.35. The summed E-state index contributed by atoms with van der Waals surface area (Å²) < 4.78 is 25.8. The van der Waals surface area contributed by atoms with Crippen molar-refractivity contribution in [2.24, 2.45) is 5.92 Å². The molecule has 1 atom stereocenters. The van der Waals surface area contributed by atoms with Crippen molar-refractivity contribution in [3.8, 4) is 0 Å². The van der Waals surface area contributed by atoms with E-state index in [1.165, 1.54) is 12.1 Å². The van der Waals surface area contributed by atoms with Crippen LogP contribution in [0.4, 0.5) is 8.78 Å². The van der Waals surface area contributed by atoms with Gasteiger partial charge in [-0.25, -0.2) is 8.78 Å². The number of hydrogen-bond acceptors (Lipinski definition) is 1. The van der Waals surface area contributed by atoms with Gasteiger partial charge in [0.2, 0.25) is 0 Å². The molecule has 1 aromatic rings. The van der Waals surface area contributed by atoms with Crippen molar-refractivity contribution in [2.75, 3.05) is 0 Å². The number of rotatable bonds is 4. The summed E-state index contributed by atoms with van der Waals surface area (Å²) in [5.41, 5.74) is 0.504. The summed E-state index contributed by atoms with van der Waals surface area (Å²) in [6, 6.07) is 3.98. The van der Waals surface area contributed by atoms with E-state index in [0.717, 1.165) is 6.07 Å². The molecule has 0 aromatic heterocycles. The molecule has 84 valence electrons. The van der Waals surface area contributed by atoms with Crippen molar-refractivity contribution >= 4 is 0 Å². The Hall–Kier alpha value is -0.960. The Labute approximate surface area is 89.5 Å². The summed E-state index contributed by atoms with van der Waals surface area (Å²) in [5.74, 6) is -0.528. The van der Waals surface area contributed by atoms with Crippen molar-refractivity contribution in [3.63, 3.8) is 0 Å². The molecule has 0 aliphatic heterocycles. The monoisotopic (exact) mass is 213 g/mol. The van der Waals surface area contributed by atoms with Crippen LogP contribution >= 0.6 is 0 Å². The van der Waals surface area contributed by atoms with Crippen molar-refractivity contribution in [2.45, 2.75) is 33.4 Å². The van der Waals surface area contributed by atoms with Gasteiger partial charge < -0.3 is 5.32 Å². The molecule has 1 aromatic carbocycles. The SMILES string of the molecule is CC(C)[C@@H](C)NCc1ccc(F)cc1F. The third-order valence-electron chi connectivity index (χ3n) is 2.63. The van der Waals surface area contributed by atoms with Gasteiger partial charge in [-0.15, -0.1) is 0 Å². The average Bonchev–Trinajstić information content (AvgIpc) is 2.15. The number of nitrogens with one attached hydrogen (secondary N) is 1. The lowest BCUT2D eigenvalue weighted by Gasteiger charge is -2.17. The fraction of sp³-hybridized carbons (Fsp3) is 0.500. The molecule has 1 N–H and O–H groups in total. The molecule has 0 bridgehead atoms. The number of hydrogen-bond donors (Lipinski definition) is 1. The molecule has 0 heterocycles. The van der Waals surface area contributed by atoms with E-state index in [0.29, 0.717) is 24.1 Å². The summed E-state index contributed by atoms with van der Waals surface area (Å²) in [7, 11) is 0. The Morgan fingerprint density at radius 1 is 1.20 bits per heavy atom. The van der Waals surface area contributed by atoms with Crippen LogP contribution < -0.4 is 5.32 Å². The zero-order chi connectivity index (χ0) is 11.4. The highest BCUT2D eigenvalue weighted by atomic mass is 19.1. The van der Waals surface area contributed by atoms with Gasteiger partial charge in [-0.05, 0) is 18.9 Å². The van der Waals surface area contributed by atoms with E-state index in [2.05, 4.69) is 19.2 Å². The van der Waals surface area contributed by atoms with Crippen molar-refractivity contribution < 1.29 is 8.78 Å². The predicted octanol–water partition coefficient (Wildman–Crippen LogP) is 3.10. The van der Waals surface area contributed by atoms with Gasteiger partial charge in [-0.3, -0.25) is 0 Å². The molecule has 0 unspecified atom stereocenters. The van der Waals surface area contributed by atoms with Gasteiger partial charge in [-0.1, -0.05) is 19.9 Å². The minimum atomic E-state index is -0.534. The maximum Gasteiger partial charge on any atom is 0.130 e. The molecule has 0 radical (unpaired) electrons. The predicted molar refractivity (Wildman–Crippen MR) is 57.5 cm³/mol. The quantitative estimate of drug-likeness (QED) is 0.810. The smallest absolute Gasteiger partial charge is 0.130 e. The molecule has 0 fully saturated rings.